The number of para-hydroxylation sites is 1. The first-order valence-corrected chi connectivity index (χ1v) is 13.6. The molecular weight excluding hydrogens is 560 g/mol. The Morgan fingerprint density at radius 3 is 1.65 bits per heavy atom. The van der Waals surface area contributed by atoms with Gasteiger partial charge in [0.25, 0.3) is 0 Å². The highest BCUT2D eigenvalue weighted by Crippen LogP contribution is 2.45. The van der Waals surface area contributed by atoms with E-state index < -0.39 is 217 Å². The minimum absolute atomic E-state index is 0.216. The summed E-state index contributed by atoms with van der Waals surface area (Å²) in [6.07, 6.45) is 0. The normalized spacial score (nSPS) is 19.5. The summed E-state index contributed by atoms with van der Waals surface area (Å²) in [6, 6.07) is -19.6. The first-order valence-electron chi connectivity index (χ1n) is 26.1. The Labute approximate surface area is 299 Å². The maximum Gasteiger partial charge on any atom is 0.147 e. The van der Waals surface area contributed by atoms with E-state index in [1.54, 1.807) is 0 Å². The van der Waals surface area contributed by atoms with Gasteiger partial charge >= 0.3 is 0 Å². The first kappa shape index (κ1) is 11.0. The van der Waals surface area contributed by atoms with Gasteiger partial charge in [0, 0.05) is 16.2 Å². The molecule has 2 nitrogen and oxygen atoms in total. The summed E-state index contributed by atoms with van der Waals surface area (Å²) in [7, 11) is 0. The first-order chi connectivity index (χ1) is 33.2. The molecule has 0 N–H and O–H groups in total. The molecule has 2 aromatic heterocycles. The smallest absolute Gasteiger partial charge is 0.147 e. The van der Waals surface area contributed by atoms with Crippen LogP contribution in [0.2, 0.25) is 0 Å². The lowest BCUT2D eigenvalue weighted by Gasteiger charge is -2.18. The van der Waals surface area contributed by atoms with Crippen molar-refractivity contribution in [3.8, 4) is 33.4 Å². The molecule has 0 radical (unpaired) electrons. The van der Waals surface area contributed by atoms with E-state index in [0.717, 1.165) is 6.07 Å². The molecule has 0 atom stereocenters. The monoisotopic (exact) mass is 611 g/mol. The van der Waals surface area contributed by atoms with Crippen LogP contribution >= 0.6 is 0 Å². The quantitative estimate of drug-likeness (QED) is 0.186. The summed E-state index contributed by atoms with van der Waals surface area (Å²) in [6.45, 7) is 0. The molecule has 10 rings (SSSR count). The van der Waals surface area contributed by atoms with Gasteiger partial charge < -0.3 is 8.83 Å². The molecule has 0 bridgehead atoms. The summed E-state index contributed by atoms with van der Waals surface area (Å²) in [5.41, 5.74) is -5.44. The molecule has 0 saturated carbocycles. The second-order valence-corrected chi connectivity index (χ2v) is 10.1. The van der Waals surface area contributed by atoms with Crippen molar-refractivity contribution in [3.05, 3.63) is 157 Å². The molecule has 2 heterocycles. The minimum atomic E-state index is -0.940. The minimum Gasteiger partial charge on any atom is -0.456 e. The SMILES string of the molecule is [2H]c1c([2H])c([2H])c(-c2c3cc(-c4c([2H])c([2H])c5c(oc6c5c([2H])c([2H])c5oc7c([2H])c([2H])c([2H])c([2H])c7c56)c4[2H])c([2H])c([2H])c3c(-c3c([2H])c([2H])c([2H])c([2H])c3[2H])c3c([2H])c([2H])c([2H])c([2H])c23)c([2H])c1[2H]. The van der Waals surface area contributed by atoms with Gasteiger partial charge in [-0.2, -0.15) is 0 Å². The summed E-state index contributed by atoms with van der Waals surface area (Å²) in [4.78, 5) is 0. The van der Waals surface area contributed by atoms with E-state index in [2.05, 4.69) is 0 Å². The summed E-state index contributed by atoms with van der Waals surface area (Å²) in [5.74, 6) is 0. The zero-order valence-electron chi connectivity index (χ0n) is 47.9. The Balaban J connectivity index is 1.47. The molecule has 8 aromatic carbocycles. The Kier molecular flexibility index (Phi) is 2.33. The summed E-state index contributed by atoms with van der Waals surface area (Å²) < 4.78 is 234. The molecule has 0 amide bonds. The highest BCUT2D eigenvalue weighted by Gasteiger charge is 2.19. The fourth-order valence-electron chi connectivity index (χ4n) is 5.77. The van der Waals surface area contributed by atoms with Crippen LogP contribution < -0.4 is 0 Å². The van der Waals surface area contributed by atoms with Crippen LogP contribution in [0, 0.1) is 0 Å². The topological polar surface area (TPSA) is 26.3 Å². The third-order valence-corrected chi connectivity index (χ3v) is 7.68. The zero-order chi connectivity index (χ0) is 51.9. The standard InChI is InChI=1S/C44H26O2/c1-3-11-27(12-4-1)41-32-15-7-8-16-33(32)42(28-13-5-2-6-14-28)37-25-29(20-22-34(37)41)30-19-21-31-35-23-24-39-43(44(35)46-40(31)26-30)36-17-9-10-18-38(36)45-39/h1-26H/i1D,2D,3D,4D,5D,6D,7D,8D,9D,10D,11D,12D,13D,14D,15D,16D,17D,18D,19D,20D,21D,22D,23D,24D,26D. The highest BCUT2D eigenvalue weighted by molar-refractivity contribution is 6.23. The molecule has 10 aromatic rings. The number of hydrogen-bond donors (Lipinski definition) is 0. The van der Waals surface area contributed by atoms with Gasteiger partial charge in [0.2, 0.25) is 0 Å². The van der Waals surface area contributed by atoms with Crippen molar-refractivity contribution < 1.29 is 43.1 Å². The summed E-state index contributed by atoms with van der Waals surface area (Å²) >= 11 is 0. The predicted molar refractivity (Wildman–Crippen MR) is 192 cm³/mol. The third-order valence-electron chi connectivity index (χ3n) is 7.68. The zero-order valence-corrected chi connectivity index (χ0v) is 22.9. The molecular formula is C44H26O2. The van der Waals surface area contributed by atoms with E-state index in [1.165, 1.54) is 0 Å². The van der Waals surface area contributed by atoms with Gasteiger partial charge in [-0.15, -0.1) is 0 Å². The average molecular weight is 612 g/mol. The average Bonchev–Trinajstić information content (AvgIpc) is 3.95. The van der Waals surface area contributed by atoms with Crippen LogP contribution in [0.1, 0.15) is 34.3 Å². The van der Waals surface area contributed by atoms with Crippen molar-refractivity contribution in [2.24, 2.45) is 0 Å². The lowest BCUT2D eigenvalue weighted by molar-refractivity contribution is 0.663. The molecule has 0 aliphatic rings. The molecule has 2 heteroatoms. The molecule has 0 spiro atoms. The van der Waals surface area contributed by atoms with Gasteiger partial charge in [0.15, 0.2) is 0 Å². The van der Waals surface area contributed by atoms with Gasteiger partial charge in [0.1, 0.15) is 22.3 Å². The molecule has 46 heavy (non-hydrogen) atoms. The molecule has 0 fully saturated rings. The lowest BCUT2D eigenvalue weighted by atomic mass is 9.85. The Bertz CT molecular complexity index is 4170. The maximum absolute atomic E-state index is 9.71. The number of rotatable bonds is 3. The Hall–Kier alpha value is -6.12. The van der Waals surface area contributed by atoms with Crippen molar-refractivity contribution >= 4 is 65.4 Å². The van der Waals surface area contributed by atoms with E-state index in [4.69, 9.17) is 33.5 Å². The van der Waals surface area contributed by atoms with Crippen LogP contribution in [-0.4, -0.2) is 0 Å². The number of furan rings is 2. The van der Waals surface area contributed by atoms with E-state index in [0.29, 0.717) is 0 Å². The summed E-state index contributed by atoms with van der Waals surface area (Å²) in [5, 5.41) is -3.45. The largest absolute Gasteiger partial charge is 0.456 e. The Morgan fingerprint density at radius 2 is 0.913 bits per heavy atom. The second kappa shape index (κ2) is 9.69. The van der Waals surface area contributed by atoms with Crippen LogP contribution in [0.25, 0.3) is 98.8 Å². The molecule has 0 saturated heterocycles. The van der Waals surface area contributed by atoms with Gasteiger partial charge in [-0.25, -0.2) is 0 Å². The van der Waals surface area contributed by atoms with Gasteiger partial charge in [-0.05, 0) is 91.2 Å². The van der Waals surface area contributed by atoms with Crippen LogP contribution in [0.3, 0.4) is 0 Å². The van der Waals surface area contributed by atoms with Gasteiger partial charge in [0.05, 0.1) is 39.7 Å². The number of hydrogen-bond acceptors (Lipinski definition) is 2. The molecule has 0 aliphatic carbocycles. The second-order valence-electron chi connectivity index (χ2n) is 10.1. The lowest BCUT2D eigenvalue weighted by Crippen LogP contribution is -1.91. The van der Waals surface area contributed by atoms with Crippen molar-refractivity contribution in [3.63, 3.8) is 0 Å². The highest BCUT2D eigenvalue weighted by atomic mass is 16.3. The predicted octanol–water partition coefficient (Wildman–Crippen LogP) is 12.8. The van der Waals surface area contributed by atoms with Crippen molar-refractivity contribution in [2.45, 2.75) is 0 Å². The van der Waals surface area contributed by atoms with E-state index in [-0.39, 0.29) is 32.7 Å². The molecule has 214 valence electrons. The van der Waals surface area contributed by atoms with E-state index >= 15 is 0 Å². The van der Waals surface area contributed by atoms with Crippen LogP contribution in [0.5, 0.6) is 0 Å². The Morgan fingerprint density at radius 1 is 0.348 bits per heavy atom. The fourth-order valence-corrected chi connectivity index (χ4v) is 5.77. The van der Waals surface area contributed by atoms with Crippen LogP contribution in [0.15, 0.2) is 166 Å². The van der Waals surface area contributed by atoms with E-state index in [1.807, 2.05) is 0 Å². The van der Waals surface area contributed by atoms with Crippen LogP contribution in [-0.2, 0) is 0 Å². The van der Waals surface area contributed by atoms with Crippen LogP contribution in [0.4, 0.5) is 0 Å². The number of benzene rings is 8. The van der Waals surface area contributed by atoms with Crippen molar-refractivity contribution in [1.29, 1.82) is 0 Å². The van der Waals surface area contributed by atoms with Gasteiger partial charge in [-0.1, -0.05) is 121 Å². The van der Waals surface area contributed by atoms with Gasteiger partial charge in [-0.3, -0.25) is 0 Å². The molecule has 0 unspecified atom stereocenters. The number of fused-ring (bicyclic) bond motifs is 9. The van der Waals surface area contributed by atoms with E-state index in [9.17, 15) is 9.60 Å². The van der Waals surface area contributed by atoms with Crippen molar-refractivity contribution in [1.82, 2.24) is 0 Å². The van der Waals surface area contributed by atoms with Crippen molar-refractivity contribution in [2.75, 3.05) is 0 Å². The maximum atomic E-state index is 9.71. The third kappa shape index (κ3) is 3.65. The fraction of sp³-hybridized carbons (Fsp3) is 0. The molecule has 0 aliphatic heterocycles.